The Morgan fingerprint density at radius 2 is 2.00 bits per heavy atom. The Hall–Kier alpha value is -3.86. The molecule has 35 heavy (non-hydrogen) atoms. The number of aromatic nitrogens is 2. The monoisotopic (exact) mass is 470 g/mol. The molecule has 2 aliphatic carbocycles. The van der Waals surface area contributed by atoms with Crippen LogP contribution in [0.1, 0.15) is 60.4 Å². The third-order valence-corrected chi connectivity index (χ3v) is 8.24. The maximum Gasteiger partial charge on any atom is 0.270 e. The Morgan fingerprint density at radius 1 is 1.23 bits per heavy atom. The van der Waals surface area contributed by atoms with Crippen molar-refractivity contribution in [2.45, 2.75) is 44.7 Å². The standard InChI is InChI=1S/C27H27N5O3/c1-27(2)19-14-32(26(34)21-10-9-20(29-21)15-7-8-15)24(23(19)27)25(33)30-22(11-28)18-13-31(35)12-16-5-3-4-6-17(16)18/h3-6,9-10,12-13,15,19,22-24H,7-8,14H2,1-2H3,(H2-,29,30,33,34,35)/p+1/t19-,22?,23-,24-/m0/s1. The summed E-state index contributed by atoms with van der Waals surface area (Å²) in [5.41, 5.74) is 2.05. The number of H-pyrrole nitrogens is 1. The number of hydrogen-bond donors (Lipinski definition) is 3. The van der Waals surface area contributed by atoms with Crippen LogP contribution < -0.4 is 10.0 Å². The molecule has 1 unspecified atom stereocenters. The van der Waals surface area contributed by atoms with Gasteiger partial charge in [-0.1, -0.05) is 32.0 Å². The number of hydrogen-bond acceptors (Lipinski definition) is 4. The van der Waals surface area contributed by atoms with E-state index in [0.717, 1.165) is 34.0 Å². The smallest absolute Gasteiger partial charge is 0.270 e. The molecular formula is C27H28N5O3+. The molecule has 8 heteroatoms. The second-order valence-corrected chi connectivity index (χ2v) is 10.7. The molecule has 3 fully saturated rings. The van der Waals surface area contributed by atoms with Gasteiger partial charge in [0.1, 0.15) is 17.8 Å². The summed E-state index contributed by atoms with van der Waals surface area (Å²) in [6.07, 6.45) is 5.27. The Morgan fingerprint density at radius 3 is 2.74 bits per heavy atom. The fraction of sp³-hybridized carbons (Fsp3) is 0.407. The van der Waals surface area contributed by atoms with Gasteiger partial charge >= 0.3 is 0 Å². The van der Waals surface area contributed by atoms with E-state index < -0.39 is 12.1 Å². The number of rotatable bonds is 5. The van der Waals surface area contributed by atoms with Gasteiger partial charge in [0, 0.05) is 22.4 Å². The number of piperidine rings is 1. The van der Waals surface area contributed by atoms with Gasteiger partial charge in [0.25, 0.3) is 5.91 Å². The van der Waals surface area contributed by atoms with Crippen molar-refractivity contribution in [3.63, 3.8) is 0 Å². The predicted octanol–water partition coefficient (Wildman–Crippen LogP) is 3.05. The van der Waals surface area contributed by atoms with Crippen molar-refractivity contribution in [2.75, 3.05) is 6.54 Å². The molecule has 8 nitrogen and oxygen atoms in total. The lowest BCUT2D eigenvalue weighted by Gasteiger charge is -2.30. The number of nitrogens with zero attached hydrogens (tertiary/aromatic N) is 3. The van der Waals surface area contributed by atoms with Gasteiger partial charge in [-0.2, -0.15) is 5.26 Å². The first kappa shape index (κ1) is 21.7. The van der Waals surface area contributed by atoms with Crippen LogP contribution >= 0.6 is 0 Å². The fourth-order valence-corrected chi connectivity index (χ4v) is 6.02. The van der Waals surface area contributed by atoms with Crippen molar-refractivity contribution in [1.29, 1.82) is 5.26 Å². The molecule has 2 amide bonds. The minimum absolute atomic E-state index is 0.0383. The lowest BCUT2D eigenvalue weighted by Crippen LogP contribution is -2.50. The van der Waals surface area contributed by atoms with Gasteiger partial charge in [-0.25, -0.2) is 0 Å². The molecule has 3 aromatic rings. The van der Waals surface area contributed by atoms with Gasteiger partial charge in [-0.05, 0) is 54.2 Å². The average molecular weight is 471 g/mol. The van der Waals surface area contributed by atoms with E-state index >= 15 is 0 Å². The number of amides is 2. The molecule has 3 heterocycles. The summed E-state index contributed by atoms with van der Waals surface area (Å²) in [6, 6.07) is 11.7. The minimum Gasteiger partial charge on any atom is -0.354 e. The molecule has 4 atom stereocenters. The first-order chi connectivity index (χ1) is 16.8. The number of carbonyl (C=O) groups excluding carboxylic acids is 2. The van der Waals surface area contributed by atoms with Crippen molar-refractivity contribution in [3.05, 3.63) is 65.7 Å². The Kier molecular flexibility index (Phi) is 4.69. The topological polar surface area (TPSA) is 113 Å². The number of nitriles is 1. The molecule has 1 aromatic carbocycles. The largest absolute Gasteiger partial charge is 0.354 e. The fourth-order valence-electron chi connectivity index (χ4n) is 6.02. The summed E-state index contributed by atoms with van der Waals surface area (Å²) in [7, 11) is 0. The first-order valence-electron chi connectivity index (χ1n) is 12.1. The van der Waals surface area contributed by atoms with Crippen molar-refractivity contribution >= 4 is 22.6 Å². The molecular weight excluding hydrogens is 442 g/mol. The zero-order chi connectivity index (χ0) is 24.5. The Balaban J connectivity index is 1.29. The van der Waals surface area contributed by atoms with E-state index in [1.54, 1.807) is 11.1 Å². The minimum atomic E-state index is -0.975. The Labute approximate surface area is 203 Å². The highest BCUT2D eigenvalue weighted by atomic mass is 16.5. The lowest BCUT2D eigenvalue weighted by molar-refractivity contribution is -0.904. The lowest BCUT2D eigenvalue weighted by atomic mass is 9.98. The van der Waals surface area contributed by atoms with E-state index in [1.165, 1.54) is 6.20 Å². The van der Waals surface area contributed by atoms with Crippen LogP contribution in [0.25, 0.3) is 10.8 Å². The SMILES string of the molecule is CC1(C)[C@@H]2[C@@H](C(=O)NC(C#N)c3c[n+](O)cc4ccccc34)N(C(=O)c3ccc(C4CC4)[nH]3)C[C@@H]21. The quantitative estimate of drug-likeness (QED) is 0.393. The highest BCUT2D eigenvalue weighted by molar-refractivity contribution is 5.98. The van der Waals surface area contributed by atoms with E-state index in [0.29, 0.717) is 23.7 Å². The molecule has 2 saturated carbocycles. The average Bonchev–Trinajstić information content (AvgIpc) is 3.61. The summed E-state index contributed by atoms with van der Waals surface area (Å²) in [6.45, 7) is 4.78. The molecule has 1 aliphatic heterocycles. The molecule has 0 spiro atoms. The van der Waals surface area contributed by atoms with Crippen LogP contribution in [0.5, 0.6) is 0 Å². The maximum absolute atomic E-state index is 13.7. The van der Waals surface area contributed by atoms with Gasteiger partial charge in [-0.3, -0.25) is 14.8 Å². The number of pyridine rings is 1. The molecule has 1 saturated heterocycles. The maximum atomic E-state index is 13.7. The van der Waals surface area contributed by atoms with Gasteiger partial charge in [0.15, 0.2) is 0 Å². The number of likely N-dealkylation sites (tertiary alicyclic amines) is 1. The number of aromatic amines is 1. The number of carbonyl (C=O) groups is 2. The van der Waals surface area contributed by atoms with Gasteiger partial charge in [0.2, 0.25) is 18.3 Å². The van der Waals surface area contributed by atoms with Crippen LogP contribution in [0.3, 0.4) is 0 Å². The van der Waals surface area contributed by atoms with Crippen LogP contribution in [0.4, 0.5) is 0 Å². The van der Waals surface area contributed by atoms with Crippen molar-refractivity contribution in [1.82, 2.24) is 15.2 Å². The van der Waals surface area contributed by atoms with E-state index in [4.69, 9.17) is 0 Å². The summed E-state index contributed by atoms with van der Waals surface area (Å²) >= 11 is 0. The summed E-state index contributed by atoms with van der Waals surface area (Å²) < 4.78 is 0.905. The van der Waals surface area contributed by atoms with E-state index in [2.05, 4.69) is 30.2 Å². The second-order valence-electron chi connectivity index (χ2n) is 10.7. The zero-order valence-electron chi connectivity index (χ0n) is 19.7. The third kappa shape index (κ3) is 3.45. The highest BCUT2D eigenvalue weighted by Gasteiger charge is 2.69. The van der Waals surface area contributed by atoms with Crippen molar-refractivity contribution < 1.29 is 19.5 Å². The Bertz CT molecular complexity index is 1400. The van der Waals surface area contributed by atoms with Gasteiger partial charge in [0.05, 0.1) is 17.0 Å². The van der Waals surface area contributed by atoms with Gasteiger partial charge < -0.3 is 15.2 Å². The van der Waals surface area contributed by atoms with Crippen LogP contribution in [0.15, 0.2) is 48.8 Å². The van der Waals surface area contributed by atoms with Crippen molar-refractivity contribution in [3.8, 4) is 6.07 Å². The van der Waals surface area contributed by atoms with Crippen LogP contribution in [-0.4, -0.2) is 39.5 Å². The van der Waals surface area contributed by atoms with E-state index in [-0.39, 0.29) is 29.1 Å². The zero-order valence-corrected chi connectivity index (χ0v) is 19.7. The predicted molar refractivity (Wildman–Crippen MR) is 126 cm³/mol. The molecule has 0 radical (unpaired) electrons. The first-order valence-corrected chi connectivity index (χ1v) is 12.1. The third-order valence-electron chi connectivity index (χ3n) is 8.24. The van der Waals surface area contributed by atoms with Crippen molar-refractivity contribution in [2.24, 2.45) is 17.3 Å². The van der Waals surface area contributed by atoms with Crippen LogP contribution in [0, 0.1) is 28.6 Å². The highest BCUT2D eigenvalue weighted by Crippen LogP contribution is 2.65. The number of fused-ring (bicyclic) bond motifs is 2. The van der Waals surface area contributed by atoms with Crippen LogP contribution in [0.2, 0.25) is 0 Å². The number of benzene rings is 1. The summed E-state index contributed by atoms with van der Waals surface area (Å²) in [5.74, 6) is 0.283. The molecule has 2 aromatic heterocycles. The van der Waals surface area contributed by atoms with E-state index in [1.807, 2.05) is 36.4 Å². The van der Waals surface area contributed by atoms with Crippen LogP contribution in [-0.2, 0) is 4.79 Å². The molecule has 3 N–H and O–H groups in total. The molecule has 178 valence electrons. The summed E-state index contributed by atoms with van der Waals surface area (Å²) in [5, 5.41) is 24.5. The molecule has 0 bridgehead atoms. The normalized spacial score (nSPS) is 25.1. The van der Waals surface area contributed by atoms with Gasteiger partial charge in [-0.15, -0.1) is 0 Å². The second kappa shape index (κ2) is 7.57. The number of nitrogens with one attached hydrogen (secondary N) is 2. The molecule has 6 rings (SSSR count). The summed E-state index contributed by atoms with van der Waals surface area (Å²) in [4.78, 5) is 32.0. The van der Waals surface area contributed by atoms with E-state index in [9.17, 15) is 20.1 Å². The molecule has 3 aliphatic rings.